The van der Waals surface area contributed by atoms with E-state index in [1.54, 1.807) is 0 Å². The summed E-state index contributed by atoms with van der Waals surface area (Å²) in [5.41, 5.74) is 3.02. The van der Waals surface area contributed by atoms with Crippen LogP contribution in [-0.4, -0.2) is 26.6 Å². The molecule has 1 heterocycles. The lowest BCUT2D eigenvalue weighted by atomic mass is 10.1. The molecule has 1 aliphatic rings. The van der Waals surface area contributed by atoms with Crippen molar-refractivity contribution < 1.29 is 13.2 Å². The predicted octanol–water partition coefficient (Wildman–Crippen LogP) is 2.45. The van der Waals surface area contributed by atoms with Gasteiger partial charge in [-0.05, 0) is 36.0 Å². The van der Waals surface area contributed by atoms with Crippen molar-refractivity contribution in [2.45, 2.75) is 46.6 Å². The SMILES string of the molecule is CCCS(=O)(=O)NCc1ccc2c(c1)CCN2C(=O)CC(C)C. The van der Waals surface area contributed by atoms with Crippen LogP contribution < -0.4 is 9.62 Å². The number of rotatable bonds is 7. The summed E-state index contributed by atoms with van der Waals surface area (Å²) in [5, 5.41) is 0. The number of hydrogen-bond acceptors (Lipinski definition) is 3. The van der Waals surface area contributed by atoms with Crippen LogP contribution in [0.4, 0.5) is 5.69 Å². The van der Waals surface area contributed by atoms with E-state index in [1.807, 2.05) is 43.9 Å². The summed E-state index contributed by atoms with van der Waals surface area (Å²) in [7, 11) is -3.20. The largest absolute Gasteiger partial charge is 0.312 e. The Balaban J connectivity index is 2.05. The Morgan fingerprint density at radius 3 is 2.74 bits per heavy atom. The standard InChI is InChI=1S/C17H26N2O3S/c1-4-9-23(21,22)18-12-14-5-6-16-15(11-14)7-8-19(16)17(20)10-13(2)3/h5-6,11,13,18H,4,7-10,12H2,1-3H3. The Morgan fingerprint density at radius 2 is 2.09 bits per heavy atom. The van der Waals surface area contributed by atoms with E-state index >= 15 is 0 Å². The lowest BCUT2D eigenvalue weighted by Crippen LogP contribution is -2.29. The molecule has 23 heavy (non-hydrogen) atoms. The highest BCUT2D eigenvalue weighted by atomic mass is 32.2. The van der Waals surface area contributed by atoms with Crippen molar-refractivity contribution in [1.82, 2.24) is 4.72 Å². The normalized spacial score (nSPS) is 14.3. The van der Waals surface area contributed by atoms with E-state index in [9.17, 15) is 13.2 Å². The van der Waals surface area contributed by atoms with Gasteiger partial charge in [-0.15, -0.1) is 0 Å². The smallest absolute Gasteiger partial charge is 0.227 e. The highest BCUT2D eigenvalue weighted by Crippen LogP contribution is 2.30. The minimum Gasteiger partial charge on any atom is -0.312 e. The maximum Gasteiger partial charge on any atom is 0.227 e. The number of hydrogen-bond donors (Lipinski definition) is 1. The molecule has 0 saturated carbocycles. The Morgan fingerprint density at radius 1 is 1.35 bits per heavy atom. The van der Waals surface area contributed by atoms with Crippen LogP contribution in [0.1, 0.15) is 44.7 Å². The molecule has 0 aliphatic carbocycles. The minimum atomic E-state index is -3.20. The second-order valence-corrected chi connectivity index (χ2v) is 8.42. The maximum atomic E-state index is 12.3. The fourth-order valence-electron chi connectivity index (χ4n) is 2.82. The van der Waals surface area contributed by atoms with E-state index in [2.05, 4.69) is 4.72 Å². The first kappa shape index (κ1) is 17.9. The Labute approximate surface area is 139 Å². The van der Waals surface area contributed by atoms with Crippen LogP contribution in [0.15, 0.2) is 18.2 Å². The minimum absolute atomic E-state index is 0.148. The number of nitrogens with zero attached hydrogens (tertiary/aromatic N) is 1. The van der Waals surface area contributed by atoms with E-state index in [-0.39, 0.29) is 11.7 Å². The molecule has 1 N–H and O–H groups in total. The zero-order valence-corrected chi connectivity index (χ0v) is 14.9. The number of benzene rings is 1. The van der Waals surface area contributed by atoms with E-state index < -0.39 is 10.0 Å². The molecular formula is C17H26N2O3S. The fraction of sp³-hybridized carbons (Fsp3) is 0.588. The Kier molecular flexibility index (Phi) is 5.81. The molecule has 5 nitrogen and oxygen atoms in total. The number of amides is 1. The zero-order chi connectivity index (χ0) is 17.0. The summed E-state index contributed by atoms with van der Waals surface area (Å²) in [4.78, 5) is 14.1. The van der Waals surface area contributed by atoms with Crippen molar-refractivity contribution >= 4 is 21.6 Å². The third-order valence-corrected chi connectivity index (χ3v) is 5.42. The third kappa shape index (κ3) is 4.78. The first-order valence-electron chi connectivity index (χ1n) is 8.22. The molecule has 0 saturated heterocycles. The van der Waals surface area contributed by atoms with E-state index in [0.717, 1.165) is 23.2 Å². The van der Waals surface area contributed by atoms with Crippen LogP contribution >= 0.6 is 0 Å². The van der Waals surface area contributed by atoms with E-state index in [4.69, 9.17) is 0 Å². The van der Waals surface area contributed by atoms with Crippen molar-refractivity contribution in [2.75, 3.05) is 17.2 Å². The summed E-state index contributed by atoms with van der Waals surface area (Å²) >= 11 is 0. The molecule has 1 aromatic carbocycles. The fourth-order valence-corrected chi connectivity index (χ4v) is 3.89. The average Bonchev–Trinajstić information content (AvgIpc) is 2.87. The molecule has 1 aliphatic heterocycles. The number of carbonyl (C=O) groups excluding carboxylic acids is 1. The van der Waals surface area contributed by atoms with Gasteiger partial charge in [0.2, 0.25) is 15.9 Å². The van der Waals surface area contributed by atoms with Crippen molar-refractivity contribution in [3.8, 4) is 0 Å². The molecule has 2 rings (SSSR count). The van der Waals surface area contributed by atoms with Gasteiger partial charge in [-0.1, -0.05) is 32.9 Å². The number of sulfonamides is 1. The average molecular weight is 338 g/mol. The van der Waals surface area contributed by atoms with Crippen molar-refractivity contribution in [1.29, 1.82) is 0 Å². The monoisotopic (exact) mass is 338 g/mol. The molecule has 0 radical (unpaired) electrons. The maximum absolute atomic E-state index is 12.3. The van der Waals surface area contributed by atoms with Gasteiger partial charge < -0.3 is 4.90 Å². The van der Waals surface area contributed by atoms with Crippen LogP contribution in [0.3, 0.4) is 0 Å². The number of nitrogens with one attached hydrogen (secondary N) is 1. The van der Waals surface area contributed by atoms with E-state index in [1.165, 1.54) is 0 Å². The molecule has 0 unspecified atom stereocenters. The van der Waals surface area contributed by atoms with Gasteiger partial charge in [0.25, 0.3) is 0 Å². The highest BCUT2D eigenvalue weighted by Gasteiger charge is 2.25. The lowest BCUT2D eigenvalue weighted by molar-refractivity contribution is -0.119. The van der Waals surface area contributed by atoms with Crippen LogP contribution in [0.25, 0.3) is 0 Å². The second kappa shape index (κ2) is 7.45. The van der Waals surface area contributed by atoms with Gasteiger partial charge in [-0.3, -0.25) is 4.79 Å². The molecule has 0 bridgehead atoms. The third-order valence-electron chi connectivity index (χ3n) is 3.89. The lowest BCUT2D eigenvalue weighted by Gasteiger charge is -2.18. The summed E-state index contributed by atoms with van der Waals surface area (Å²) in [6.07, 6.45) is 1.99. The molecule has 0 fully saturated rings. The molecule has 1 amide bonds. The Bertz CT molecular complexity index is 668. The summed E-state index contributed by atoms with van der Waals surface area (Å²) < 4.78 is 26.1. The van der Waals surface area contributed by atoms with Crippen LogP contribution in [0.5, 0.6) is 0 Å². The first-order valence-corrected chi connectivity index (χ1v) is 9.87. The number of anilines is 1. The van der Waals surface area contributed by atoms with Gasteiger partial charge in [-0.2, -0.15) is 0 Å². The topological polar surface area (TPSA) is 66.5 Å². The van der Waals surface area contributed by atoms with Crippen molar-refractivity contribution in [2.24, 2.45) is 5.92 Å². The molecule has 0 atom stereocenters. The summed E-state index contributed by atoms with van der Waals surface area (Å²) in [6.45, 7) is 6.94. The zero-order valence-electron chi connectivity index (χ0n) is 14.1. The predicted molar refractivity (Wildman–Crippen MR) is 92.9 cm³/mol. The molecule has 6 heteroatoms. The first-order chi connectivity index (χ1) is 10.8. The van der Waals surface area contributed by atoms with Crippen molar-refractivity contribution in [3.05, 3.63) is 29.3 Å². The summed E-state index contributed by atoms with van der Waals surface area (Å²) in [5.74, 6) is 0.657. The quantitative estimate of drug-likeness (QED) is 0.830. The molecule has 128 valence electrons. The molecule has 0 aromatic heterocycles. The van der Waals surface area contributed by atoms with Gasteiger partial charge in [0, 0.05) is 25.2 Å². The second-order valence-electron chi connectivity index (χ2n) is 6.50. The summed E-state index contributed by atoms with van der Waals surface area (Å²) in [6, 6.07) is 5.84. The Hall–Kier alpha value is -1.40. The van der Waals surface area contributed by atoms with E-state index in [0.29, 0.717) is 31.8 Å². The van der Waals surface area contributed by atoms with Crippen LogP contribution in [0.2, 0.25) is 0 Å². The number of fused-ring (bicyclic) bond motifs is 1. The molecule has 0 spiro atoms. The molecular weight excluding hydrogens is 312 g/mol. The van der Waals surface area contributed by atoms with Crippen LogP contribution in [-0.2, 0) is 27.8 Å². The van der Waals surface area contributed by atoms with Crippen molar-refractivity contribution in [3.63, 3.8) is 0 Å². The van der Waals surface area contributed by atoms with Gasteiger partial charge in [0.15, 0.2) is 0 Å². The van der Waals surface area contributed by atoms with Gasteiger partial charge in [-0.25, -0.2) is 13.1 Å². The van der Waals surface area contributed by atoms with Crippen LogP contribution in [0, 0.1) is 5.92 Å². The van der Waals surface area contributed by atoms with Gasteiger partial charge in [0.1, 0.15) is 0 Å². The highest BCUT2D eigenvalue weighted by molar-refractivity contribution is 7.89. The number of carbonyl (C=O) groups is 1. The van der Waals surface area contributed by atoms with Gasteiger partial charge >= 0.3 is 0 Å². The van der Waals surface area contributed by atoms with Gasteiger partial charge in [0.05, 0.1) is 5.75 Å². The molecule has 1 aromatic rings.